The minimum absolute atomic E-state index is 0. The first-order valence-corrected chi connectivity index (χ1v) is 9.52. The number of hydrogen-bond acceptors (Lipinski definition) is 5. The number of thiazole rings is 1. The third-order valence-electron chi connectivity index (χ3n) is 3.28. The molecule has 0 spiro atoms. The molecule has 132 valence electrons. The molecule has 25 heavy (non-hydrogen) atoms. The molecule has 0 bridgehead atoms. The van der Waals surface area contributed by atoms with Gasteiger partial charge in [-0.05, 0) is 24.6 Å². The summed E-state index contributed by atoms with van der Waals surface area (Å²) in [5, 5.41) is 2.65. The Balaban J connectivity index is 0.00000225. The zero-order valence-electron chi connectivity index (χ0n) is 13.0. The van der Waals surface area contributed by atoms with Gasteiger partial charge in [0.25, 0.3) is 0 Å². The Morgan fingerprint density at radius 2 is 2.12 bits per heavy atom. The summed E-state index contributed by atoms with van der Waals surface area (Å²) in [6, 6.07) is 5.27. The predicted molar refractivity (Wildman–Crippen MR) is 103 cm³/mol. The van der Waals surface area contributed by atoms with Crippen LogP contribution in [0.5, 0.6) is 0 Å². The molecule has 0 radical (unpaired) electrons. The number of halogens is 3. The highest BCUT2D eigenvalue weighted by atomic mass is 35.5. The van der Waals surface area contributed by atoms with E-state index in [0.29, 0.717) is 32.8 Å². The predicted octanol–water partition coefficient (Wildman–Crippen LogP) is 4.66. The normalized spacial score (nSPS) is 14.4. The van der Waals surface area contributed by atoms with Crippen LogP contribution in [-0.4, -0.2) is 18.5 Å². The molecule has 0 saturated carbocycles. The molecule has 3 rings (SSSR count). The number of thioether (sulfide) groups is 1. The van der Waals surface area contributed by atoms with Gasteiger partial charge >= 0.3 is 16.2 Å². The number of nitrogens with zero attached hydrogens (tertiary/aromatic N) is 1. The number of esters is 1. The van der Waals surface area contributed by atoms with Crippen LogP contribution < -0.4 is 4.57 Å². The number of rotatable bonds is 4. The Hall–Kier alpha value is -1.05. The summed E-state index contributed by atoms with van der Waals surface area (Å²) in [6.45, 7) is 2.07. The van der Waals surface area contributed by atoms with Crippen molar-refractivity contribution in [3.05, 3.63) is 49.8 Å². The van der Waals surface area contributed by atoms with Gasteiger partial charge in [-0.1, -0.05) is 46.7 Å². The maximum atomic E-state index is 12.7. The summed E-state index contributed by atoms with van der Waals surface area (Å²) in [6.07, 6.45) is 1.79. The van der Waals surface area contributed by atoms with E-state index in [9.17, 15) is 9.59 Å². The monoisotopic (exact) mass is 436 g/mol. The first-order valence-electron chi connectivity index (χ1n) is 7.07. The molecule has 0 saturated heterocycles. The molecular weight excluding hydrogens is 425 g/mol. The largest absolute Gasteiger partial charge is 0.466 e. The average Bonchev–Trinajstić information content (AvgIpc) is 3.06. The van der Waals surface area contributed by atoms with Crippen LogP contribution in [0.4, 0.5) is 0 Å². The van der Waals surface area contributed by atoms with Gasteiger partial charge in [0.15, 0.2) is 0 Å². The van der Waals surface area contributed by atoms with E-state index < -0.39 is 0 Å². The van der Waals surface area contributed by atoms with E-state index in [-0.39, 0.29) is 30.7 Å². The van der Waals surface area contributed by atoms with Crippen molar-refractivity contribution < 1.29 is 18.9 Å². The van der Waals surface area contributed by atoms with Gasteiger partial charge in [0, 0.05) is 11.8 Å². The van der Waals surface area contributed by atoms with Gasteiger partial charge in [-0.2, -0.15) is 0 Å². The molecule has 0 aliphatic carbocycles. The van der Waals surface area contributed by atoms with Crippen LogP contribution in [0.3, 0.4) is 0 Å². The summed E-state index contributed by atoms with van der Waals surface area (Å²) in [4.78, 5) is 24.9. The fourth-order valence-corrected chi connectivity index (χ4v) is 4.76. The quantitative estimate of drug-likeness (QED) is 0.396. The Kier molecular flexibility index (Phi) is 6.93. The molecule has 0 unspecified atom stereocenters. The molecule has 4 nitrogen and oxygen atoms in total. The minimum atomic E-state index is -0.348. The lowest BCUT2D eigenvalue weighted by Crippen LogP contribution is -2.43. The molecule has 0 atom stereocenters. The van der Waals surface area contributed by atoms with Crippen molar-refractivity contribution in [2.45, 2.75) is 17.7 Å². The van der Waals surface area contributed by atoms with Crippen LogP contribution in [0, 0.1) is 0 Å². The molecule has 2 heterocycles. The number of allylic oxidation sites excluding steroid dienone is 1. The minimum Gasteiger partial charge on any atom is -0.466 e. The molecule has 0 fully saturated rings. The zero-order valence-corrected chi connectivity index (χ0v) is 16.9. The van der Waals surface area contributed by atoms with Crippen molar-refractivity contribution in [2.75, 3.05) is 6.61 Å². The Bertz CT molecular complexity index is 864. The van der Waals surface area contributed by atoms with Crippen LogP contribution in [0.15, 0.2) is 32.8 Å². The number of ether oxygens (including phenoxy) is 1. The van der Waals surface area contributed by atoms with Crippen LogP contribution in [0.1, 0.15) is 23.0 Å². The Morgan fingerprint density at radius 1 is 1.36 bits per heavy atom. The number of benzene rings is 1. The number of carbonyl (C=O) groups excluding carboxylic acids is 2. The Morgan fingerprint density at radius 3 is 2.84 bits per heavy atom. The number of fused-ring (bicyclic) bond motifs is 1. The maximum Gasteiger partial charge on any atom is 0.433 e. The van der Waals surface area contributed by atoms with Gasteiger partial charge < -0.3 is 4.74 Å². The van der Waals surface area contributed by atoms with Crippen molar-refractivity contribution in [3.63, 3.8) is 0 Å². The van der Waals surface area contributed by atoms with E-state index >= 15 is 0 Å². The van der Waals surface area contributed by atoms with Crippen LogP contribution in [0.2, 0.25) is 10.0 Å². The van der Waals surface area contributed by atoms with Gasteiger partial charge in [0.1, 0.15) is 11.3 Å². The van der Waals surface area contributed by atoms with Crippen molar-refractivity contribution in [3.8, 4) is 0 Å². The zero-order chi connectivity index (χ0) is 17.3. The number of carbonyl (C=O) groups is 2. The van der Waals surface area contributed by atoms with E-state index in [0.717, 1.165) is 4.34 Å². The fraction of sp³-hybridized carbons (Fsp3) is 0.188. The standard InChI is InChI=1S/C16H12Cl2NO3S2.ClH/c1-2-22-13(20)7-10-8-23-16-19(10)15(21)12(24-16)6-9-4-3-5-11(17)14(9)18;/h3-6,8H,2,7H2,1H3;1H/q+1;/b12-6+;. The van der Waals surface area contributed by atoms with Gasteiger partial charge in [-0.15, -0.1) is 17.0 Å². The highest BCUT2D eigenvalue weighted by Gasteiger charge is 2.41. The third-order valence-corrected chi connectivity index (χ3v) is 6.29. The highest BCUT2D eigenvalue weighted by Crippen LogP contribution is 2.37. The van der Waals surface area contributed by atoms with Gasteiger partial charge in [0.2, 0.25) is 5.69 Å². The van der Waals surface area contributed by atoms with E-state index in [1.165, 1.54) is 23.1 Å². The SMILES string of the molecule is CCOC(=O)Cc1csc2[n+]1C(=O)/C(=C\c1cccc(Cl)c1Cl)S2.Cl. The molecule has 1 aliphatic heterocycles. The van der Waals surface area contributed by atoms with Crippen molar-refractivity contribution in [2.24, 2.45) is 0 Å². The first kappa shape index (κ1) is 20.3. The smallest absolute Gasteiger partial charge is 0.433 e. The molecular formula is C16H13Cl3NO3S2+. The third kappa shape index (κ3) is 4.20. The molecule has 2 aromatic rings. The van der Waals surface area contributed by atoms with Crippen LogP contribution in [-0.2, 0) is 16.0 Å². The van der Waals surface area contributed by atoms with E-state index in [1.54, 1.807) is 41.1 Å². The average molecular weight is 438 g/mol. The number of hydrogen-bond donors (Lipinski definition) is 0. The van der Waals surface area contributed by atoms with E-state index in [2.05, 4.69) is 0 Å². The summed E-state index contributed by atoms with van der Waals surface area (Å²) < 4.78 is 7.31. The van der Waals surface area contributed by atoms with E-state index in [4.69, 9.17) is 27.9 Å². The second kappa shape index (κ2) is 8.56. The molecule has 0 N–H and O–H groups in total. The molecule has 0 amide bonds. The summed E-state index contributed by atoms with van der Waals surface area (Å²) in [7, 11) is 0. The molecule has 9 heteroatoms. The lowest BCUT2D eigenvalue weighted by molar-refractivity contribution is -0.607. The molecule has 1 aliphatic rings. The second-order valence-corrected chi connectivity index (χ2v) is 7.80. The van der Waals surface area contributed by atoms with Crippen molar-refractivity contribution in [1.29, 1.82) is 0 Å². The topological polar surface area (TPSA) is 47.2 Å². The maximum absolute atomic E-state index is 12.7. The van der Waals surface area contributed by atoms with Crippen LogP contribution >= 0.6 is 58.7 Å². The molecule has 1 aromatic carbocycles. The fourth-order valence-electron chi connectivity index (χ4n) is 2.22. The lowest BCUT2D eigenvalue weighted by Gasteiger charge is -2.00. The van der Waals surface area contributed by atoms with Crippen molar-refractivity contribution in [1.82, 2.24) is 0 Å². The van der Waals surface area contributed by atoms with E-state index in [1.807, 2.05) is 0 Å². The van der Waals surface area contributed by atoms with Gasteiger partial charge in [-0.25, -0.2) is 4.79 Å². The summed E-state index contributed by atoms with van der Waals surface area (Å²) in [5.41, 5.74) is 1.31. The molecule has 1 aromatic heterocycles. The second-order valence-electron chi connectivity index (χ2n) is 4.87. The number of aromatic nitrogens is 1. The van der Waals surface area contributed by atoms with Crippen LogP contribution in [0.25, 0.3) is 6.08 Å². The first-order chi connectivity index (χ1) is 11.5. The highest BCUT2D eigenvalue weighted by molar-refractivity contribution is 8.05. The summed E-state index contributed by atoms with van der Waals surface area (Å²) in [5.74, 6) is -0.523. The summed E-state index contributed by atoms with van der Waals surface area (Å²) >= 11 is 15.0. The van der Waals surface area contributed by atoms with Gasteiger partial charge in [0.05, 0.1) is 22.0 Å². The lowest BCUT2D eigenvalue weighted by atomic mass is 10.2. The Labute approximate surface area is 169 Å². The van der Waals surface area contributed by atoms with Crippen molar-refractivity contribution >= 4 is 76.7 Å². The van der Waals surface area contributed by atoms with Gasteiger partial charge in [-0.3, -0.25) is 4.79 Å².